The zero-order valence-electron chi connectivity index (χ0n) is 19.4. The molecule has 0 unspecified atom stereocenters. The van der Waals surface area contributed by atoms with Crippen LogP contribution in [0.2, 0.25) is 0 Å². The number of nitrogens with zero attached hydrogens (tertiary/aromatic N) is 1. The van der Waals surface area contributed by atoms with Gasteiger partial charge in [0.25, 0.3) is 0 Å². The van der Waals surface area contributed by atoms with Crippen molar-refractivity contribution in [2.24, 2.45) is 0 Å². The second-order valence-electron chi connectivity index (χ2n) is 8.87. The average molecular weight is 420 g/mol. The number of unbranched alkanes of at least 4 members (excludes halogenated alkanes) is 12. The van der Waals surface area contributed by atoms with Gasteiger partial charge in [-0.2, -0.15) is 0 Å². The quantitative estimate of drug-likeness (QED) is 0.179. The fourth-order valence-corrected chi connectivity index (χ4v) is 3.67. The summed E-state index contributed by atoms with van der Waals surface area (Å²) in [6.07, 6.45) is 27.3. The predicted octanol–water partition coefficient (Wildman–Crippen LogP) is 5.43. The highest BCUT2D eigenvalue weighted by molar-refractivity contribution is 5.13. The van der Waals surface area contributed by atoms with Crippen molar-refractivity contribution in [3.8, 4) is 0 Å². The molecule has 1 rings (SSSR count). The van der Waals surface area contributed by atoms with E-state index in [-0.39, 0.29) is 12.4 Å². The molecule has 0 N–H and O–H groups in total. The maximum atomic E-state index is 2.33. The Morgan fingerprint density at radius 1 is 0.690 bits per heavy atom. The van der Waals surface area contributed by atoms with Gasteiger partial charge in [0, 0.05) is 5.56 Å². The van der Waals surface area contributed by atoms with Crippen molar-refractivity contribution < 1.29 is 16.9 Å². The third-order valence-electron chi connectivity index (χ3n) is 5.39. The zero-order chi connectivity index (χ0) is 20.3. The van der Waals surface area contributed by atoms with Crippen LogP contribution in [0.3, 0.4) is 0 Å². The Hall–Kier alpha value is -1.05. The monoisotopic (exact) mass is 419 g/mol. The lowest BCUT2D eigenvalue weighted by atomic mass is 10.0. The molecular formula is C27H46ClN. The minimum absolute atomic E-state index is 0. The summed E-state index contributed by atoms with van der Waals surface area (Å²) < 4.78 is 0.882. The van der Waals surface area contributed by atoms with E-state index in [1.165, 1.54) is 89.0 Å². The molecule has 0 aliphatic rings. The maximum absolute atomic E-state index is 2.33. The molecular weight excluding hydrogens is 374 g/mol. The molecule has 0 saturated carbocycles. The Bertz CT molecular complexity index is 519. The third-order valence-corrected chi connectivity index (χ3v) is 5.39. The summed E-state index contributed by atoms with van der Waals surface area (Å²) in [5, 5.41) is 0. The van der Waals surface area contributed by atoms with Gasteiger partial charge in [-0.25, -0.2) is 0 Å². The van der Waals surface area contributed by atoms with Gasteiger partial charge in [0.05, 0.1) is 20.3 Å². The van der Waals surface area contributed by atoms with Crippen LogP contribution >= 0.6 is 0 Å². The molecule has 0 spiro atoms. The minimum Gasteiger partial charge on any atom is -1.00 e. The van der Waals surface area contributed by atoms with E-state index < -0.39 is 0 Å². The van der Waals surface area contributed by atoms with Crippen LogP contribution in [0.5, 0.6) is 0 Å². The number of allylic oxidation sites excluding steroid dienone is 3. The molecule has 0 fully saturated rings. The molecule has 0 aromatic heterocycles. The van der Waals surface area contributed by atoms with Crippen molar-refractivity contribution in [2.45, 2.75) is 96.9 Å². The number of rotatable bonds is 17. The molecule has 1 aromatic rings. The van der Waals surface area contributed by atoms with Crippen LogP contribution in [0.4, 0.5) is 0 Å². The van der Waals surface area contributed by atoms with Gasteiger partial charge in [0.2, 0.25) is 0 Å². The normalized spacial score (nSPS) is 12.0. The molecule has 29 heavy (non-hydrogen) atoms. The van der Waals surface area contributed by atoms with Crippen molar-refractivity contribution in [3.63, 3.8) is 0 Å². The van der Waals surface area contributed by atoms with E-state index in [4.69, 9.17) is 0 Å². The average Bonchev–Trinajstić information content (AvgIpc) is 2.68. The largest absolute Gasteiger partial charge is 1.00 e. The van der Waals surface area contributed by atoms with Gasteiger partial charge >= 0.3 is 0 Å². The Morgan fingerprint density at radius 3 is 1.76 bits per heavy atom. The second-order valence-corrected chi connectivity index (χ2v) is 8.87. The van der Waals surface area contributed by atoms with Crippen LogP contribution in [-0.4, -0.2) is 18.6 Å². The standard InChI is InChI=1S/C27H46N.ClH/c1-4-5-6-7-8-9-10-11-12-13-14-15-16-17-18-22-25-28(2,3)26-27-23-20-19-21-24-27;/h17-25H,4-16,26H2,1-3H3;1H/q+1;/p-1. The number of hydrogen-bond acceptors (Lipinski definition) is 0. The molecule has 166 valence electrons. The highest BCUT2D eigenvalue weighted by Crippen LogP contribution is 2.13. The molecule has 1 nitrogen and oxygen atoms in total. The van der Waals surface area contributed by atoms with Gasteiger partial charge in [-0.1, -0.05) is 120 Å². The van der Waals surface area contributed by atoms with Crippen LogP contribution in [-0.2, 0) is 6.54 Å². The van der Waals surface area contributed by atoms with Gasteiger partial charge in [0.1, 0.15) is 6.54 Å². The van der Waals surface area contributed by atoms with Crippen molar-refractivity contribution >= 4 is 0 Å². The van der Waals surface area contributed by atoms with Gasteiger partial charge in [-0.3, -0.25) is 4.48 Å². The Kier molecular flexibility index (Phi) is 18.3. The molecule has 0 saturated heterocycles. The minimum atomic E-state index is 0. The van der Waals surface area contributed by atoms with Crippen LogP contribution in [0, 0.1) is 0 Å². The van der Waals surface area contributed by atoms with Crippen LogP contribution in [0.15, 0.2) is 54.8 Å². The van der Waals surface area contributed by atoms with Crippen molar-refractivity contribution in [2.75, 3.05) is 14.1 Å². The first kappa shape index (κ1) is 27.9. The first-order chi connectivity index (χ1) is 13.6. The first-order valence-electron chi connectivity index (χ1n) is 11.8. The van der Waals surface area contributed by atoms with Crippen molar-refractivity contribution in [3.05, 3.63) is 60.3 Å². The molecule has 0 bridgehead atoms. The van der Waals surface area contributed by atoms with Gasteiger partial charge < -0.3 is 12.4 Å². The summed E-state index contributed by atoms with van der Waals surface area (Å²) in [4.78, 5) is 0. The molecule has 2 heteroatoms. The van der Waals surface area contributed by atoms with Crippen LogP contribution in [0.1, 0.15) is 96.0 Å². The first-order valence-corrected chi connectivity index (χ1v) is 11.8. The summed E-state index contributed by atoms with van der Waals surface area (Å²) in [7, 11) is 4.51. The highest BCUT2D eigenvalue weighted by Gasteiger charge is 2.11. The summed E-state index contributed by atoms with van der Waals surface area (Å²) in [5.41, 5.74) is 1.39. The zero-order valence-corrected chi connectivity index (χ0v) is 20.2. The van der Waals surface area contributed by atoms with Gasteiger partial charge in [-0.05, 0) is 18.9 Å². The van der Waals surface area contributed by atoms with Crippen LogP contribution < -0.4 is 12.4 Å². The number of quaternary nitrogens is 1. The van der Waals surface area contributed by atoms with Crippen molar-refractivity contribution in [1.82, 2.24) is 0 Å². The van der Waals surface area contributed by atoms with E-state index in [1.807, 2.05) is 0 Å². The summed E-state index contributed by atoms with van der Waals surface area (Å²) in [5.74, 6) is 0. The lowest BCUT2D eigenvalue weighted by molar-refractivity contribution is -0.852. The van der Waals surface area contributed by atoms with E-state index in [0.717, 1.165) is 11.0 Å². The number of halogens is 1. The second kappa shape index (κ2) is 18.9. The summed E-state index contributed by atoms with van der Waals surface area (Å²) in [6.45, 7) is 3.32. The van der Waals surface area contributed by atoms with Crippen molar-refractivity contribution in [1.29, 1.82) is 0 Å². The molecule has 0 amide bonds. The van der Waals surface area contributed by atoms with Crippen LogP contribution in [0.25, 0.3) is 0 Å². The third kappa shape index (κ3) is 17.5. The van der Waals surface area contributed by atoms with E-state index in [9.17, 15) is 0 Å². The fourth-order valence-electron chi connectivity index (χ4n) is 3.67. The SMILES string of the molecule is CCCCCCCCCCCCCCC=CC=C[N+](C)(C)Cc1ccccc1.[Cl-]. The van der Waals surface area contributed by atoms with E-state index in [0.29, 0.717) is 0 Å². The number of hydrogen-bond donors (Lipinski definition) is 0. The lowest BCUT2D eigenvalue weighted by Gasteiger charge is -2.24. The topological polar surface area (TPSA) is 0 Å². The maximum Gasteiger partial charge on any atom is 0.108 e. The summed E-state index contributed by atoms with van der Waals surface area (Å²) in [6, 6.07) is 10.7. The predicted molar refractivity (Wildman–Crippen MR) is 126 cm³/mol. The Morgan fingerprint density at radius 2 is 1.21 bits per heavy atom. The van der Waals surface area contributed by atoms with E-state index in [1.54, 1.807) is 0 Å². The molecule has 0 atom stereocenters. The molecule has 0 aliphatic heterocycles. The van der Waals surface area contributed by atoms with Gasteiger partial charge in [-0.15, -0.1) is 0 Å². The molecule has 1 aromatic carbocycles. The Balaban J connectivity index is 0.00000784. The molecule has 0 radical (unpaired) electrons. The Labute approximate surface area is 188 Å². The fraction of sp³-hybridized carbons (Fsp3) is 0.630. The van der Waals surface area contributed by atoms with Gasteiger partial charge in [0.15, 0.2) is 0 Å². The lowest BCUT2D eigenvalue weighted by Crippen LogP contribution is -3.00. The van der Waals surface area contributed by atoms with E-state index >= 15 is 0 Å². The highest BCUT2D eigenvalue weighted by atomic mass is 35.5. The number of benzene rings is 1. The van der Waals surface area contributed by atoms with E-state index in [2.05, 4.69) is 75.8 Å². The molecule has 0 heterocycles. The molecule has 0 aliphatic carbocycles. The summed E-state index contributed by atoms with van der Waals surface area (Å²) >= 11 is 0. The smallest absolute Gasteiger partial charge is 0.108 e.